The fraction of sp³-hybridized carbons (Fsp3) is 0.588. The second-order valence-electron chi connectivity index (χ2n) is 6.45. The lowest BCUT2D eigenvalue weighted by atomic mass is 10.0. The van der Waals surface area contributed by atoms with E-state index < -0.39 is 0 Å². The van der Waals surface area contributed by atoms with Gasteiger partial charge in [0.05, 0.1) is 6.04 Å². The van der Waals surface area contributed by atoms with Gasteiger partial charge in [-0.3, -0.25) is 10.1 Å². The van der Waals surface area contributed by atoms with Gasteiger partial charge in [-0.25, -0.2) is 4.39 Å². The molecule has 2 atom stereocenters. The maximum absolute atomic E-state index is 13.5. The zero-order chi connectivity index (χ0) is 16.4. The summed E-state index contributed by atoms with van der Waals surface area (Å²) in [7, 11) is 3.79. The van der Waals surface area contributed by atoms with E-state index in [1.54, 1.807) is 6.07 Å². The Morgan fingerprint density at radius 3 is 2.55 bits per heavy atom. The highest BCUT2D eigenvalue weighted by Crippen LogP contribution is 2.27. The van der Waals surface area contributed by atoms with E-state index in [4.69, 9.17) is 0 Å². The molecule has 2 rings (SSSR count). The number of likely N-dealkylation sites (tertiary alicyclic amines) is 1. The molecule has 122 valence electrons. The van der Waals surface area contributed by atoms with Crippen molar-refractivity contribution in [3.8, 4) is 0 Å². The second kappa shape index (κ2) is 6.65. The molecule has 5 heteroatoms. The SMILES string of the molecule is CC(C)N1CC[C@H](N[C@H](C)c2ccc(F)cc2N(C)C)C1=O. The van der Waals surface area contributed by atoms with Crippen molar-refractivity contribution in [3.05, 3.63) is 29.6 Å². The first-order valence-electron chi connectivity index (χ1n) is 7.84. The Labute approximate surface area is 132 Å². The summed E-state index contributed by atoms with van der Waals surface area (Å²) in [6.07, 6.45) is 0.819. The summed E-state index contributed by atoms with van der Waals surface area (Å²) in [6.45, 7) is 6.89. The zero-order valence-electron chi connectivity index (χ0n) is 14.1. The molecule has 0 spiro atoms. The van der Waals surface area contributed by atoms with Crippen LogP contribution in [0.5, 0.6) is 0 Å². The highest BCUT2D eigenvalue weighted by atomic mass is 19.1. The summed E-state index contributed by atoms with van der Waals surface area (Å²) in [6, 6.07) is 4.86. The minimum Gasteiger partial charge on any atom is -0.377 e. The number of hydrogen-bond donors (Lipinski definition) is 1. The lowest BCUT2D eigenvalue weighted by Gasteiger charge is -2.25. The van der Waals surface area contributed by atoms with Gasteiger partial charge in [0.25, 0.3) is 0 Å². The first-order valence-corrected chi connectivity index (χ1v) is 7.84. The van der Waals surface area contributed by atoms with E-state index >= 15 is 0 Å². The van der Waals surface area contributed by atoms with Crippen molar-refractivity contribution in [2.24, 2.45) is 0 Å². The molecule has 0 unspecified atom stereocenters. The molecule has 0 saturated carbocycles. The first kappa shape index (κ1) is 16.7. The lowest BCUT2D eigenvalue weighted by Crippen LogP contribution is -2.41. The number of amides is 1. The Balaban J connectivity index is 2.13. The van der Waals surface area contributed by atoms with Gasteiger partial charge in [-0.15, -0.1) is 0 Å². The van der Waals surface area contributed by atoms with E-state index in [1.165, 1.54) is 12.1 Å². The third-order valence-electron chi connectivity index (χ3n) is 4.26. The molecule has 0 aliphatic carbocycles. The number of anilines is 1. The molecule has 1 aliphatic heterocycles. The Morgan fingerprint density at radius 2 is 2.00 bits per heavy atom. The average molecular weight is 307 g/mol. The molecule has 1 N–H and O–H groups in total. The van der Waals surface area contributed by atoms with Gasteiger partial charge in [-0.05, 0) is 44.9 Å². The molecule has 0 aromatic heterocycles. The van der Waals surface area contributed by atoms with Crippen LogP contribution in [0.2, 0.25) is 0 Å². The minimum atomic E-state index is -0.248. The number of nitrogens with one attached hydrogen (secondary N) is 1. The number of halogens is 1. The quantitative estimate of drug-likeness (QED) is 0.908. The predicted molar refractivity (Wildman–Crippen MR) is 87.5 cm³/mol. The summed E-state index contributed by atoms with van der Waals surface area (Å²) >= 11 is 0. The third kappa shape index (κ3) is 3.40. The van der Waals surface area contributed by atoms with E-state index in [1.807, 2.05) is 44.7 Å². The van der Waals surface area contributed by atoms with Gasteiger partial charge < -0.3 is 9.80 Å². The predicted octanol–water partition coefficient (Wildman–Crippen LogP) is 2.55. The lowest BCUT2D eigenvalue weighted by molar-refractivity contribution is -0.130. The number of carbonyl (C=O) groups excluding carboxylic acids is 1. The molecule has 1 aliphatic rings. The Hall–Kier alpha value is -1.62. The van der Waals surface area contributed by atoms with Gasteiger partial charge >= 0.3 is 0 Å². The van der Waals surface area contributed by atoms with E-state index in [0.717, 1.165) is 24.2 Å². The largest absolute Gasteiger partial charge is 0.377 e. The van der Waals surface area contributed by atoms with Crippen LogP contribution in [-0.4, -0.2) is 43.5 Å². The Morgan fingerprint density at radius 1 is 1.32 bits per heavy atom. The number of rotatable bonds is 5. The van der Waals surface area contributed by atoms with Crippen LogP contribution in [0.25, 0.3) is 0 Å². The average Bonchev–Trinajstić information content (AvgIpc) is 2.80. The maximum Gasteiger partial charge on any atom is 0.240 e. The number of nitrogens with zero attached hydrogens (tertiary/aromatic N) is 2. The van der Waals surface area contributed by atoms with Crippen molar-refractivity contribution in [1.29, 1.82) is 0 Å². The molecule has 4 nitrogen and oxygen atoms in total. The Bertz CT molecular complexity index is 545. The summed E-state index contributed by atoms with van der Waals surface area (Å²) in [4.78, 5) is 16.2. The topological polar surface area (TPSA) is 35.6 Å². The standard InChI is InChI=1S/C17H26FN3O/c1-11(2)21-9-8-15(17(21)22)19-12(3)14-7-6-13(18)10-16(14)20(4)5/h6-7,10-12,15,19H,8-9H2,1-5H3/t12-,15+/m1/s1. The number of carbonyl (C=O) groups is 1. The molecule has 0 radical (unpaired) electrons. The molecule has 22 heavy (non-hydrogen) atoms. The Kier molecular flexibility index (Phi) is 5.06. The van der Waals surface area contributed by atoms with Crippen molar-refractivity contribution < 1.29 is 9.18 Å². The van der Waals surface area contributed by atoms with Crippen LogP contribution in [0, 0.1) is 5.82 Å². The third-order valence-corrected chi connectivity index (χ3v) is 4.26. The van der Waals surface area contributed by atoms with Crippen LogP contribution in [0.1, 0.15) is 38.8 Å². The van der Waals surface area contributed by atoms with Crippen molar-refractivity contribution >= 4 is 11.6 Å². The van der Waals surface area contributed by atoms with Crippen LogP contribution in [-0.2, 0) is 4.79 Å². The number of benzene rings is 1. The van der Waals surface area contributed by atoms with Gasteiger partial charge in [0.1, 0.15) is 5.82 Å². The van der Waals surface area contributed by atoms with Crippen molar-refractivity contribution in [2.75, 3.05) is 25.5 Å². The van der Waals surface area contributed by atoms with Gasteiger partial charge in [0, 0.05) is 38.4 Å². The molecular weight excluding hydrogens is 281 g/mol. The molecule has 1 saturated heterocycles. The van der Waals surface area contributed by atoms with Crippen molar-refractivity contribution in [2.45, 2.75) is 45.3 Å². The molecule has 1 fully saturated rings. The summed E-state index contributed by atoms with van der Waals surface area (Å²) in [5.74, 6) is -0.0852. The highest BCUT2D eigenvalue weighted by molar-refractivity contribution is 5.84. The van der Waals surface area contributed by atoms with Crippen molar-refractivity contribution in [1.82, 2.24) is 10.2 Å². The van der Waals surface area contributed by atoms with E-state index in [9.17, 15) is 9.18 Å². The van der Waals surface area contributed by atoms with E-state index in [2.05, 4.69) is 5.32 Å². The fourth-order valence-corrected chi connectivity index (χ4v) is 3.03. The molecule has 0 bridgehead atoms. The van der Waals surface area contributed by atoms with Crippen LogP contribution in [0.4, 0.5) is 10.1 Å². The van der Waals surface area contributed by atoms with Gasteiger partial charge in [-0.2, -0.15) is 0 Å². The normalized spacial score (nSPS) is 19.9. The molecule has 1 aromatic rings. The highest BCUT2D eigenvalue weighted by Gasteiger charge is 2.34. The number of hydrogen-bond acceptors (Lipinski definition) is 3. The van der Waals surface area contributed by atoms with Crippen LogP contribution < -0.4 is 10.2 Å². The molecule has 1 aromatic carbocycles. The van der Waals surface area contributed by atoms with Gasteiger partial charge in [0.15, 0.2) is 0 Å². The van der Waals surface area contributed by atoms with Crippen LogP contribution in [0.15, 0.2) is 18.2 Å². The zero-order valence-corrected chi connectivity index (χ0v) is 14.1. The maximum atomic E-state index is 13.5. The monoisotopic (exact) mass is 307 g/mol. The molecule has 1 amide bonds. The second-order valence-corrected chi connectivity index (χ2v) is 6.45. The van der Waals surface area contributed by atoms with Crippen LogP contribution >= 0.6 is 0 Å². The molecule has 1 heterocycles. The van der Waals surface area contributed by atoms with Gasteiger partial charge in [-0.1, -0.05) is 6.07 Å². The summed E-state index contributed by atoms with van der Waals surface area (Å²) in [5, 5.41) is 3.40. The van der Waals surface area contributed by atoms with E-state index in [-0.39, 0.29) is 29.8 Å². The van der Waals surface area contributed by atoms with Gasteiger partial charge in [0.2, 0.25) is 5.91 Å². The minimum absolute atomic E-state index is 0.0148. The smallest absolute Gasteiger partial charge is 0.240 e. The summed E-state index contributed by atoms with van der Waals surface area (Å²) < 4.78 is 13.5. The van der Waals surface area contributed by atoms with E-state index in [0.29, 0.717) is 0 Å². The first-order chi connectivity index (χ1) is 10.3. The van der Waals surface area contributed by atoms with Crippen LogP contribution in [0.3, 0.4) is 0 Å². The fourth-order valence-electron chi connectivity index (χ4n) is 3.03. The summed E-state index contributed by atoms with van der Waals surface area (Å²) in [5.41, 5.74) is 1.84. The van der Waals surface area contributed by atoms with Crippen molar-refractivity contribution in [3.63, 3.8) is 0 Å². The molecular formula is C17H26FN3O.